The number of amides is 1. The van der Waals surface area contributed by atoms with Crippen LogP contribution in [-0.4, -0.2) is 24.5 Å². The first-order chi connectivity index (χ1) is 8.29. The maximum absolute atomic E-state index is 11.4. The molecule has 94 valence electrons. The fraction of sp³-hybridized carbons (Fsp3) is 0.667. The zero-order valence-corrected chi connectivity index (χ0v) is 11.0. The summed E-state index contributed by atoms with van der Waals surface area (Å²) in [5.41, 5.74) is 1.26. The van der Waals surface area contributed by atoms with Crippen LogP contribution in [-0.2, 0) is 24.2 Å². The molecule has 1 aliphatic rings. The molecule has 1 aromatic rings. The monoisotopic (exact) mass is 253 g/mol. The van der Waals surface area contributed by atoms with Crippen LogP contribution >= 0.6 is 11.3 Å². The number of aryl methyl sites for hydroxylation is 2. The zero-order valence-electron chi connectivity index (χ0n) is 10.2. The Kier molecular flexibility index (Phi) is 4.50. The van der Waals surface area contributed by atoms with E-state index in [0.29, 0.717) is 13.0 Å². The van der Waals surface area contributed by atoms with Crippen molar-refractivity contribution in [2.24, 2.45) is 0 Å². The highest BCUT2D eigenvalue weighted by molar-refractivity contribution is 7.11. The van der Waals surface area contributed by atoms with Crippen LogP contribution in [0.2, 0.25) is 0 Å². The molecule has 0 atom stereocenters. The number of carbonyl (C=O) groups is 1. The Morgan fingerprint density at radius 3 is 3.00 bits per heavy atom. The number of fused-ring (bicyclic) bond motifs is 1. The first-order valence-corrected chi connectivity index (χ1v) is 7.00. The molecule has 0 saturated heterocycles. The third-order valence-corrected chi connectivity index (χ3v) is 4.09. The normalized spacial score (nSPS) is 14.4. The van der Waals surface area contributed by atoms with Crippen molar-refractivity contribution >= 4 is 17.2 Å². The van der Waals surface area contributed by atoms with E-state index in [2.05, 4.69) is 15.6 Å². The molecule has 1 heterocycles. The van der Waals surface area contributed by atoms with E-state index >= 15 is 0 Å². The van der Waals surface area contributed by atoms with E-state index in [-0.39, 0.29) is 5.91 Å². The predicted molar refractivity (Wildman–Crippen MR) is 69.1 cm³/mol. The quantitative estimate of drug-likeness (QED) is 0.830. The van der Waals surface area contributed by atoms with Crippen molar-refractivity contribution in [1.29, 1.82) is 0 Å². The summed E-state index contributed by atoms with van der Waals surface area (Å²) in [6.07, 6.45) is 5.34. The van der Waals surface area contributed by atoms with Crippen LogP contribution in [0, 0.1) is 0 Å². The molecular formula is C12H19N3OS. The van der Waals surface area contributed by atoms with Gasteiger partial charge in [0.25, 0.3) is 0 Å². The van der Waals surface area contributed by atoms with Gasteiger partial charge in [0.15, 0.2) is 0 Å². The van der Waals surface area contributed by atoms with Gasteiger partial charge in [0.1, 0.15) is 5.01 Å². The van der Waals surface area contributed by atoms with Crippen LogP contribution in [0.15, 0.2) is 0 Å². The van der Waals surface area contributed by atoms with Gasteiger partial charge in [-0.2, -0.15) is 0 Å². The standard InChI is InChI=1S/C12H19N3OS/c1-13-7-6-11(16)14-8-12-15-9-4-2-3-5-10(9)17-12/h13H,2-8H2,1H3,(H,14,16). The summed E-state index contributed by atoms with van der Waals surface area (Å²) in [6.45, 7) is 1.31. The van der Waals surface area contributed by atoms with E-state index in [9.17, 15) is 4.79 Å². The molecule has 0 aromatic carbocycles. The molecule has 0 unspecified atom stereocenters. The second kappa shape index (κ2) is 6.12. The van der Waals surface area contributed by atoms with Crippen LogP contribution in [0.4, 0.5) is 0 Å². The number of nitrogens with zero attached hydrogens (tertiary/aromatic N) is 1. The van der Waals surface area contributed by atoms with E-state index in [1.807, 2.05) is 7.05 Å². The van der Waals surface area contributed by atoms with E-state index < -0.39 is 0 Å². The lowest BCUT2D eigenvalue weighted by molar-refractivity contribution is -0.121. The van der Waals surface area contributed by atoms with Crippen molar-refractivity contribution < 1.29 is 4.79 Å². The third-order valence-electron chi connectivity index (χ3n) is 2.93. The molecule has 0 saturated carbocycles. The van der Waals surface area contributed by atoms with Crippen molar-refractivity contribution in [3.63, 3.8) is 0 Å². The van der Waals surface area contributed by atoms with Crippen molar-refractivity contribution in [3.8, 4) is 0 Å². The highest BCUT2D eigenvalue weighted by atomic mass is 32.1. The maximum Gasteiger partial charge on any atom is 0.221 e. The minimum atomic E-state index is 0.0903. The van der Waals surface area contributed by atoms with Crippen molar-refractivity contribution in [2.75, 3.05) is 13.6 Å². The molecule has 0 spiro atoms. The lowest BCUT2D eigenvalue weighted by atomic mass is 10.0. The first-order valence-electron chi connectivity index (χ1n) is 6.18. The molecule has 0 fully saturated rings. The van der Waals surface area contributed by atoms with Gasteiger partial charge in [-0.25, -0.2) is 4.98 Å². The Hall–Kier alpha value is -0.940. The fourth-order valence-electron chi connectivity index (χ4n) is 1.98. The number of hydrogen-bond donors (Lipinski definition) is 2. The summed E-state index contributed by atoms with van der Waals surface area (Å²) in [7, 11) is 1.85. The highest BCUT2D eigenvalue weighted by Crippen LogP contribution is 2.26. The van der Waals surface area contributed by atoms with Crippen LogP contribution in [0.3, 0.4) is 0 Å². The molecule has 17 heavy (non-hydrogen) atoms. The van der Waals surface area contributed by atoms with Crippen molar-refractivity contribution in [2.45, 2.75) is 38.6 Å². The molecular weight excluding hydrogens is 234 g/mol. The van der Waals surface area contributed by atoms with E-state index in [0.717, 1.165) is 18.0 Å². The lowest BCUT2D eigenvalue weighted by Crippen LogP contribution is -2.26. The van der Waals surface area contributed by atoms with E-state index in [4.69, 9.17) is 0 Å². The number of rotatable bonds is 5. The van der Waals surface area contributed by atoms with Gasteiger partial charge in [0.2, 0.25) is 5.91 Å². The first kappa shape index (κ1) is 12.5. The predicted octanol–water partition coefficient (Wildman–Crippen LogP) is 1.25. The van der Waals surface area contributed by atoms with Gasteiger partial charge in [-0.3, -0.25) is 4.79 Å². The van der Waals surface area contributed by atoms with Gasteiger partial charge < -0.3 is 10.6 Å². The Balaban J connectivity index is 1.82. The van der Waals surface area contributed by atoms with Gasteiger partial charge in [-0.1, -0.05) is 0 Å². The zero-order chi connectivity index (χ0) is 12.1. The average Bonchev–Trinajstić information content (AvgIpc) is 2.76. The minimum Gasteiger partial charge on any atom is -0.350 e. The highest BCUT2D eigenvalue weighted by Gasteiger charge is 2.15. The topological polar surface area (TPSA) is 54.0 Å². The smallest absolute Gasteiger partial charge is 0.221 e. The van der Waals surface area contributed by atoms with Crippen molar-refractivity contribution in [1.82, 2.24) is 15.6 Å². The third kappa shape index (κ3) is 3.51. The van der Waals surface area contributed by atoms with Crippen LogP contribution < -0.4 is 10.6 Å². The largest absolute Gasteiger partial charge is 0.350 e. The molecule has 2 rings (SSSR count). The molecule has 1 aromatic heterocycles. The van der Waals surface area contributed by atoms with Gasteiger partial charge in [-0.05, 0) is 32.7 Å². The maximum atomic E-state index is 11.4. The molecule has 1 aliphatic carbocycles. The Morgan fingerprint density at radius 1 is 1.41 bits per heavy atom. The molecule has 0 aliphatic heterocycles. The molecule has 1 amide bonds. The molecule has 0 bridgehead atoms. The van der Waals surface area contributed by atoms with Gasteiger partial charge in [0.05, 0.1) is 12.2 Å². The number of nitrogens with one attached hydrogen (secondary N) is 2. The minimum absolute atomic E-state index is 0.0903. The average molecular weight is 253 g/mol. The van der Waals surface area contributed by atoms with Crippen LogP contribution in [0.25, 0.3) is 0 Å². The van der Waals surface area contributed by atoms with Crippen LogP contribution in [0.1, 0.15) is 34.8 Å². The summed E-state index contributed by atoms with van der Waals surface area (Å²) in [5.74, 6) is 0.0903. The van der Waals surface area contributed by atoms with Crippen molar-refractivity contribution in [3.05, 3.63) is 15.6 Å². The molecule has 2 N–H and O–H groups in total. The summed E-state index contributed by atoms with van der Waals surface area (Å²) in [6, 6.07) is 0. The summed E-state index contributed by atoms with van der Waals surface area (Å²) < 4.78 is 0. The van der Waals surface area contributed by atoms with E-state index in [1.165, 1.54) is 29.8 Å². The van der Waals surface area contributed by atoms with E-state index in [1.54, 1.807) is 11.3 Å². The van der Waals surface area contributed by atoms with Gasteiger partial charge >= 0.3 is 0 Å². The fourth-order valence-corrected chi connectivity index (χ4v) is 3.08. The van der Waals surface area contributed by atoms with Gasteiger partial charge in [0, 0.05) is 17.8 Å². The summed E-state index contributed by atoms with van der Waals surface area (Å²) in [5, 5.41) is 6.93. The lowest BCUT2D eigenvalue weighted by Gasteiger charge is -2.06. The summed E-state index contributed by atoms with van der Waals surface area (Å²) in [4.78, 5) is 17.5. The number of thiazole rings is 1. The van der Waals surface area contributed by atoms with Gasteiger partial charge in [-0.15, -0.1) is 11.3 Å². The Labute approximate surface area is 106 Å². The molecule has 5 heteroatoms. The molecule has 0 radical (unpaired) electrons. The SMILES string of the molecule is CNCCC(=O)NCc1nc2c(s1)CCCC2. The number of carbonyl (C=O) groups excluding carboxylic acids is 1. The Bertz CT molecular complexity index is 366. The van der Waals surface area contributed by atoms with Crippen LogP contribution in [0.5, 0.6) is 0 Å². The second-order valence-electron chi connectivity index (χ2n) is 4.31. The molecule has 4 nitrogen and oxygen atoms in total. The Morgan fingerprint density at radius 2 is 2.24 bits per heavy atom. The number of aromatic nitrogens is 1. The number of hydrogen-bond acceptors (Lipinski definition) is 4. The second-order valence-corrected chi connectivity index (χ2v) is 5.48. The summed E-state index contributed by atoms with van der Waals surface area (Å²) >= 11 is 1.76.